The van der Waals surface area contributed by atoms with Crippen LogP contribution < -0.4 is 19.5 Å². The number of carbonyl (C=O) groups is 1. The molecule has 0 radical (unpaired) electrons. The summed E-state index contributed by atoms with van der Waals surface area (Å²) in [6.07, 6.45) is 8.30. The van der Waals surface area contributed by atoms with Gasteiger partial charge in [-0.3, -0.25) is 4.79 Å². The fourth-order valence-electron chi connectivity index (χ4n) is 4.55. The highest BCUT2D eigenvalue weighted by Gasteiger charge is 2.24. The van der Waals surface area contributed by atoms with Crippen molar-refractivity contribution in [1.29, 1.82) is 0 Å². The maximum Gasteiger partial charge on any atom is 0.259 e. The summed E-state index contributed by atoms with van der Waals surface area (Å²) in [6.45, 7) is 4.12. The molecule has 0 saturated heterocycles. The summed E-state index contributed by atoms with van der Waals surface area (Å²) in [5.74, 6) is 1.55. The smallest absolute Gasteiger partial charge is 0.259 e. The summed E-state index contributed by atoms with van der Waals surface area (Å²) in [5, 5.41) is 3.86. The molecular formula is C29H34N2O4S. The summed E-state index contributed by atoms with van der Waals surface area (Å²) in [6, 6.07) is 9.70. The molecule has 1 amide bonds. The average molecular weight is 507 g/mol. The Morgan fingerprint density at radius 2 is 1.61 bits per heavy atom. The molecule has 3 aromatic rings. The number of aryl methyl sites for hydroxylation is 3. The number of rotatable bonds is 7. The van der Waals surface area contributed by atoms with Crippen molar-refractivity contribution in [1.82, 2.24) is 0 Å². The number of ether oxygens (including phenoxy) is 3. The van der Waals surface area contributed by atoms with Gasteiger partial charge in [0.2, 0.25) is 5.75 Å². The maximum absolute atomic E-state index is 13.6. The van der Waals surface area contributed by atoms with Gasteiger partial charge in [0.25, 0.3) is 5.91 Å². The quantitative estimate of drug-likeness (QED) is 0.349. The maximum atomic E-state index is 13.6. The van der Waals surface area contributed by atoms with E-state index in [1.807, 2.05) is 30.3 Å². The average Bonchev–Trinajstić information content (AvgIpc) is 3.20. The number of hydrogen-bond acceptors (Lipinski definition) is 6. The molecule has 0 aliphatic heterocycles. The lowest BCUT2D eigenvalue weighted by Gasteiger charge is -2.13. The second-order valence-corrected chi connectivity index (χ2v) is 10.2. The van der Waals surface area contributed by atoms with E-state index in [-0.39, 0.29) is 5.91 Å². The predicted octanol–water partition coefficient (Wildman–Crippen LogP) is 7.05. The largest absolute Gasteiger partial charge is 0.493 e. The zero-order chi connectivity index (χ0) is 25.7. The van der Waals surface area contributed by atoms with Crippen molar-refractivity contribution in [2.24, 2.45) is 4.99 Å². The van der Waals surface area contributed by atoms with Gasteiger partial charge in [-0.05, 0) is 80.5 Å². The molecule has 1 heterocycles. The van der Waals surface area contributed by atoms with Crippen LogP contribution in [0.5, 0.6) is 17.2 Å². The van der Waals surface area contributed by atoms with Crippen molar-refractivity contribution in [3.63, 3.8) is 0 Å². The minimum absolute atomic E-state index is 0.103. The highest BCUT2D eigenvalue weighted by Crippen LogP contribution is 2.41. The highest BCUT2D eigenvalue weighted by atomic mass is 32.1. The molecule has 190 valence electrons. The molecule has 0 spiro atoms. The number of aliphatic imine (C=N–C) groups is 1. The van der Waals surface area contributed by atoms with Crippen LogP contribution in [-0.4, -0.2) is 33.5 Å². The van der Waals surface area contributed by atoms with Crippen LogP contribution in [0.2, 0.25) is 0 Å². The van der Waals surface area contributed by atoms with Crippen LogP contribution in [0.1, 0.15) is 63.2 Å². The fraction of sp³-hybridized carbons (Fsp3) is 0.379. The molecule has 0 atom stereocenters. The Kier molecular flexibility index (Phi) is 8.31. The van der Waals surface area contributed by atoms with Crippen molar-refractivity contribution in [3.8, 4) is 17.2 Å². The van der Waals surface area contributed by atoms with Gasteiger partial charge in [0.15, 0.2) is 11.5 Å². The van der Waals surface area contributed by atoms with Crippen LogP contribution in [0.3, 0.4) is 0 Å². The molecule has 1 aliphatic rings. The number of methoxy groups -OCH3 is 3. The molecule has 6 nitrogen and oxygen atoms in total. The number of nitrogens with zero attached hydrogens (tertiary/aromatic N) is 1. The second kappa shape index (κ2) is 11.6. The molecule has 7 heteroatoms. The lowest BCUT2D eigenvalue weighted by atomic mass is 9.96. The first kappa shape index (κ1) is 25.8. The number of hydrogen-bond donors (Lipinski definition) is 1. The second-order valence-electron chi connectivity index (χ2n) is 9.07. The van der Waals surface area contributed by atoms with Gasteiger partial charge in [0.1, 0.15) is 5.00 Å². The van der Waals surface area contributed by atoms with E-state index in [0.29, 0.717) is 22.8 Å². The minimum Gasteiger partial charge on any atom is -0.493 e. The van der Waals surface area contributed by atoms with Gasteiger partial charge in [0.05, 0.1) is 26.9 Å². The molecule has 36 heavy (non-hydrogen) atoms. The van der Waals surface area contributed by atoms with E-state index in [1.165, 1.54) is 23.3 Å². The number of fused-ring (bicyclic) bond motifs is 1. The third-order valence-corrected chi connectivity index (χ3v) is 7.86. The summed E-state index contributed by atoms with van der Waals surface area (Å²) in [4.78, 5) is 19.7. The van der Waals surface area contributed by atoms with Gasteiger partial charge < -0.3 is 19.5 Å². The summed E-state index contributed by atoms with van der Waals surface area (Å²) >= 11 is 1.63. The Hall–Kier alpha value is -3.32. The Morgan fingerprint density at radius 3 is 2.25 bits per heavy atom. The molecule has 1 aliphatic carbocycles. The van der Waals surface area contributed by atoms with E-state index in [2.05, 4.69) is 19.2 Å². The molecule has 1 N–H and O–H groups in total. The van der Waals surface area contributed by atoms with Crippen molar-refractivity contribution in [3.05, 3.63) is 63.0 Å². The summed E-state index contributed by atoms with van der Waals surface area (Å²) in [7, 11) is 4.76. The number of carbonyl (C=O) groups excluding carboxylic acids is 1. The Balaban J connectivity index is 1.73. The number of anilines is 1. The van der Waals surface area contributed by atoms with Crippen LogP contribution in [0, 0.1) is 13.8 Å². The third kappa shape index (κ3) is 5.57. The predicted molar refractivity (Wildman–Crippen MR) is 147 cm³/mol. The van der Waals surface area contributed by atoms with Crippen LogP contribution in [0.25, 0.3) is 0 Å². The first-order chi connectivity index (χ1) is 17.4. The molecule has 0 saturated carbocycles. The number of amides is 1. The van der Waals surface area contributed by atoms with Crippen LogP contribution in [-0.2, 0) is 12.8 Å². The zero-order valence-corrected chi connectivity index (χ0v) is 22.5. The van der Waals surface area contributed by atoms with E-state index in [1.54, 1.807) is 38.9 Å². The Labute approximate surface area is 217 Å². The van der Waals surface area contributed by atoms with Crippen molar-refractivity contribution in [2.75, 3.05) is 26.6 Å². The van der Waals surface area contributed by atoms with Crippen LogP contribution >= 0.6 is 11.3 Å². The fourth-order valence-corrected chi connectivity index (χ4v) is 5.78. The molecule has 0 fully saturated rings. The Bertz CT molecular complexity index is 1250. The molecule has 4 rings (SSSR count). The number of thiophene rings is 1. The van der Waals surface area contributed by atoms with E-state index in [9.17, 15) is 4.79 Å². The molecule has 0 bridgehead atoms. The summed E-state index contributed by atoms with van der Waals surface area (Å²) < 4.78 is 16.4. The normalized spacial score (nSPS) is 13.6. The number of nitrogens with one attached hydrogen (secondary N) is 1. The molecule has 2 aromatic carbocycles. The lowest BCUT2D eigenvalue weighted by Crippen LogP contribution is -2.14. The van der Waals surface area contributed by atoms with Gasteiger partial charge in [-0.15, -0.1) is 11.3 Å². The van der Waals surface area contributed by atoms with Gasteiger partial charge in [-0.1, -0.05) is 18.9 Å². The van der Waals surface area contributed by atoms with Crippen molar-refractivity contribution >= 4 is 34.1 Å². The highest BCUT2D eigenvalue weighted by molar-refractivity contribution is 7.16. The molecule has 0 unspecified atom stereocenters. The van der Waals surface area contributed by atoms with Gasteiger partial charge in [-0.2, -0.15) is 0 Å². The molecular weight excluding hydrogens is 472 g/mol. The topological polar surface area (TPSA) is 69.2 Å². The van der Waals surface area contributed by atoms with E-state index >= 15 is 0 Å². The third-order valence-electron chi connectivity index (χ3n) is 6.66. The molecule has 1 aromatic heterocycles. The van der Waals surface area contributed by atoms with Crippen molar-refractivity contribution < 1.29 is 19.0 Å². The minimum atomic E-state index is -0.103. The van der Waals surface area contributed by atoms with Crippen LogP contribution in [0.4, 0.5) is 10.7 Å². The Morgan fingerprint density at radius 1 is 0.917 bits per heavy atom. The van der Waals surface area contributed by atoms with Gasteiger partial charge >= 0.3 is 0 Å². The first-order valence-electron chi connectivity index (χ1n) is 12.3. The number of benzene rings is 2. The standard InChI is InChI=1S/C29H34N2O4S/c1-18-12-13-21(14-19(18)2)31-28(32)26-22-10-8-6-7-9-11-25(22)36-29(26)30-17-20-15-23(33-3)27(35-5)24(16-20)34-4/h12-17H,6-11H2,1-5H3,(H,31,32). The van der Waals surface area contributed by atoms with E-state index < -0.39 is 0 Å². The summed E-state index contributed by atoms with van der Waals surface area (Å²) in [5.41, 5.74) is 5.79. The van der Waals surface area contributed by atoms with E-state index in [4.69, 9.17) is 19.2 Å². The van der Waals surface area contributed by atoms with Crippen LogP contribution in [0.15, 0.2) is 35.3 Å². The van der Waals surface area contributed by atoms with Gasteiger partial charge in [-0.25, -0.2) is 4.99 Å². The zero-order valence-electron chi connectivity index (χ0n) is 21.7. The first-order valence-corrected chi connectivity index (χ1v) is 13.1. The van der Waals surface area contributed by atoms with E-state index in [0.717, 1.165) is 53.1 Å². The lowest BCUT2D eigenvalue weighted by molar-refractivity contribution is 0.102. The van der Waals surface area contributed by atoms with Crippen molar-refractivity contribution in [2.45, 2.75) is 52.4 Å². The monoisotopic (exact) mass is 506 g/mol. The van der Waals surface area contributed by atoms with Gasteiger partial charge in [0, 0.05) is 22.3 Å². The SMILES string of the molecule is COc1cc(C=Nc2sc3c(c2C(=O)Nc2ccc(C)c(C)c2)CCCCCC3)cc(OC)c1OC.